The van der Waals surface area contributed by atoms with Crippen molar-refractivity contribution in [3.8, 4) is 0 Å². The minimum Gasteiger partial charge on any atom is -0.341 e. The van der Waals surface area contributed by atoms with Crippen LogP contribution in [0, 0.1) is 5.92 Å². The van der Waals surface area contributed by atoms with Crippen molar-refractivity contribution in [2.45, 2.75) is 51.5 Å². The molecule has 0 aromatic rings. The third kappa shape index (κ3) is 3.83. The molecule has 0 heterocycles. The van der Waals surface area contributed by atoms with Crippen molar-refractivity contribution < 1.29 is 9.59 Å². The van der Waals surface area contributed by atoms with Gasteiger partial charge < -0.3 is 10.6 Å². The lowest BCUT2D eigenvalue weighted by Crippen LogP contribution is -2.48. The number of carbonyl (C=O) groups excluding carboxylic acids is 2. The van der Waals surface area contributed by atoms with Crippen molar-refractivity contribution >= 4 is 11.8 Å². The predicted octanol–water partition coefficient (Wildman–Crippen LogP) is 1.84. The van der Waals surface area contributed by atoms with Crippen LogP contribution in [0.3, 0.4) is 0 Å². The van der Waals surface area contributed by atoms with E-state index in [0.717, 1.165) is 12.8 Å². The molecule has 4 heteroatoms. The smallest absolute Gasteiger partial charge is 0.315 e. The van der Waals surface area contributed by atoms with E-state index in [1.165, 1.54) is 25.7 Å². The Kier molecular flexibility index (Phi) is 5.29. The standard InChI is InChI=1S/C12H22N2O2/c1-9(15)11(14-12(16)13-2)10-7-5-3-4-6-8-10/h10-11H,3-8H2,1-2H3,(H2,13,14,16). The van der Waals surface area contributed by atoms with Crippen LogP contribution in [0.2, 0.25) is 0 Å². The summed E-state index contributed by atoms with van der Waals surface area (Å²) in [5.74, 6) is 0.382. The lowest BCUT2D eigenvalue weighted by atomic mass is 9.89. The van der Waals surface area contributed by atoms with Gasteiger partial charge in [0.05, 0.1) is 6.04 Å². The van der Waals surface area contributed by atoms with Gasteiger partial charge in [-0.1, -0.05) is 25.7 Å². The highest BCUT2D eigenvalue weighted by molar-refractivity contribution is 5.87. The molecule has 1 fully saturated rings. The lowest BCUT2D eigenvalue weighted by Gasteiger charge is -2.24. The van der Waals surface area contributed by atoms with Gasteiger partial charge in [0, 0.05) is 7.05 Å². The van der Waals surface area contributed by atoms with Crippen LogP contribution < -0.4 is 10.6 Å². The molecule has 0 aliphatic heterocycles. The van der Waals surface area contributed by atoms with Gasteiger partial charge in [-0.05, 0) is 25.7 Å². The summed E-state index contributed by atoms with van der Waals surface area (Å²) in [6, 6.07) is -0.567. The first kappa shape index (κ1) is 13.0. The van der Waals surface area contributed by atoms with E-state index in [1.807, 2.05) is 0 Å². The molecule has 0 radical (unpaired) electrons. The zero-order valence-corrected chi connectivity index (χ0v) is 10.2. The van der Waals surface area contributed by atoms with E-state index in [9.17, 15) is 9.59 Å². The van der Waals surface area contributed by atoms with Gasteiger partial charge in [-0.3, -0.25) is 4.79 Å². The number of hydrogen-bond acceptors (Lipinski definition) is 2. The first-order valence-electron chi connectivity index (χ1n) is 6.14. The van der Waals surface area contributed by atoms with Crippen molar-refractivity contribution in [2.75, 3.05) is 7.05 Å². The fraction of sp³-hybridized carbons (Fsp3) is 0.833. The Balaban J connectivity index is 2.60. The summed E-state index contributed by atoms with van der Waals surface area (Å²) in [6.07, 6.45) is 6.94. The highest BCUT2D eigenvalue weighted by Gasteiger charge is 2.27. The summed E-state index contributed by atoms with van der Waals surface area (Å²) in [5.41, 5.74) is 0. The van der Waals surface area contributed by atoms with E-state index in [4.69, 9.17) is 0 Å². The van der Waals surface area contributed by atoms with Crippen molar-refractivity contribution in [1.82, 2.24) is 10.6 Å². The summed E-state index contributed by atoms with van der Waals surface area (Å²) in [5, 5.41) is 5.27. The van der Waals surface area contributed by atoms with E-state index in [1.54, 1.807) is 14.0 Å². The Bertz CT molecular complexity index is 245. The molecule has 1 saturated carbocycles. The zero-order chi connectivity index (χ0) is 12.0. The molecule has 1 aliphatic rings. The number of hydrogen-bond donors (Lipinski definition) is 2. The first-order chi connectivity index (χ1) is 7.65. The molecular weight excluding hydrogens is 204 g/mol. The SMILES string of the molecule is CNC(=O)NC(C(C)=O)C1CCCCCC1. The van der Waals surface area contributed by atoms with E-state index in [-0.39, 0.29) is 17.9 Å². The van der Waals surface area contributed by atoms with Gasteiger partial charge in [0.15, 0.2) is 5.78 Å². The Labute approximate surface area is 97.2 Å². The molecule has 4 nitrogen and oxygen atoms in total. The highest BCUT2D eigenvalue weighted by atomic mass is 16.2. The van der Waals surface area contributed by atoms with Crippen molar-refractivity contribution in [1.29, 1.82) is 0 Å². The average molecular weight is 226 g/mol. The molecule has 1 aliphatic carbocycles. The van der Waals surface area contributed by atoms with Gasteiger partial charge in [-0.2, -0.15) is 0 Å². The second-order valence-electron chi connectivity index (χ2n) is 4.56. The average Bonchev–Trinajstić information content (AvgIpc) is 2.53. The maximum Gasteiger partial charge on any atom is 0.315 e. The third-order valence-corrected chi connectivity index (χ3v) is 3.32. The predicted molar refractivity (Wildman–Crippen MR) is 63.3 cm³/mol. The maximum absolute atomic E-state index is 11.6. The number of rotatable bonds is 3. The second kappa shape index (κ2) is 6.51. The molecule has 1 rings (SSSR count). The summed E-state index contributed by atoms with van der Waals surface area (Å²) >= 11 is 0. The van der Waals surface area contributed by atoms with Crippen LogP contribution in [0.25, 0.3) is 0 Å². The molecule has 92 valence electrons. The number of carbonyl (C=O) groups is 2. The van der Waals surface area contributed by atoms with Crippen LogP contribution in [-0.4, -0.2) is 24.9 Å². The minimum absolute atomic E-state index is 0.0653. The largest absolute Gasteiger partial charge is 0.341 e. The van der Waals surface area contributed by atoms with Crippen LogP contribution in [-0.2, 0) is 4.79 Å². The fourth-order valence-electron chi connectivity index (χ4n) is 2.41. The van der Waals surface area contributed by atoms with Gasteiger partial charge in [-0.15, -0.1) is 0 Å². The number of amides is 2. The molecule has 2 N–H and O–H groups in total. The Morgan fingerprint density at radius 2 is 1.69 bits per heavy atom. The first-order valence-corrected chi connectivity index (χ1v) is 6.14. The van der Waals surface area contributed by atoms with Crippen LogP contribution in [0.1, 0.15) is 45.4 Å². The summed E-state index contributed by atoms with van der Waals surface area (Å²) in [6.45, 7) is 1.56. The molecule has 2 amide bonds. The van der Waals surface area contributed by atoms with E-state index in [2.05, 4.69) is 10.6 Å². The molecule has 0 aromatic carbocycles. The van der Waals surface area contributed by atoms with Crippen LogP contribution in [0.5, 0.6) is 0 Å². The van der Waals surface area contributed by atoms with Gasteiger partial charge in [0.2, 0.25) is 0 Å². The Hall–Kier alpha value is -1.06. The van der Waals surface area contributed by atoms with Crippen LogP contribution >= 0.6 is 0 Å². The van der Waals surface area contributed by atoms with Gasteiger partial charge in [-0.25, -0.2) is 4.79 Å². The van der Waals surface area contributed by atoms with Crippen LogP contribution in [0.15, 0.2) is 0 Å². The molecule has 16 heavy (non-hydrogen) atoms. The van der Waals surface area contributed by atoms with Crippen molar-refractivity contribution in [2.24, 2.45) is 5.92 Å². The normalized spacial score (nSPS) is 19.6. The number of urea groups is 1. The van der Waals surface area contributed by atoms with Crippen molar-refractivity contribution in [3.05, 3.63) is 0 Å². The lowest BCUT2D eigenvalue weighted by molar-refractivity contribution is -0.120. The Morgan fingerprint density at radius 1 is 1.12 bits per heavy atom. The monoisotopic (exact) mass is 226 g/mol. The maximum atomic E-state index is 11.6. The number of nitrogens with one attached hydrogen (secondary N) is 2. The molecule has 1 atom stereocenters. The summed E-state index contributed by atoms with van der Waals surface area (Å²) in [4.78, 5) is 22.8. The van der Waals surface area contributed by atoms with Gasteiger partial charge >= 0.3 is 6.03 Å². The molecule has 0 aromatic heterocycles. The molecular formula is C12H22N2O2. The van der Waals surface area contributed by atoms with Gasteiger partial charge in [0.25, 0.3) is 0 Å². The summed E-state index contributed by atoms with van der Waals surface area (Å²) in [7, 11) is 1.57. The third-order valence-electron chi connectivity index (χ3n) is 3.32. The van der Waals surface area contributed by atoms with E-state index >= 15 is 0 Å². The highest BCUT2D eigenvalue weighted by Crippen LogP contribution is 2.25. The van der Waals surface area contributed by atoms with Crippen LogP contribution in [0.4, 0.5) is 4.79 Å². The molecule has 0 saturated heterocycles. The van der Waals surface area contributed by atoms with E-state index < -0.39 is 0 Å². The molecule has 1 unspecified atom stereocenters. The summed E-state index contributed by atoms with van der Waals surface area (Å²) < 4.78 is 0. The second-order valence-corrected chi connectivity index (χ2v) is 4.56. The number of Topliss-reactive ketones (excluding diaryl/α,β-unsaturated/α-hetero) is 1. The topological polar surface area (TPSA) is 58.2 Å². The fourth-order valence-corrected chi connectivity index (χ4v) is 2.41. The van der Waals surface area contributed by atoms with Gasteiger partial charge in [0.1, 0.15) is 0 Å². The van der Waals surface area contributed by atoms with E-state index in [0.29, 0.717) is 5.92 Å². The minimum atomic E-state index is -0.307. The molecule has 0 bridgehead atoms. The zero-order valence-electron chi connectivity index (χ0n) is 10.2. The number of ketones is 1. The quantitative estimate of drug-likeness (QED) is 0.721. The van der Waals surface area contributed by atoms with Crippen molar-refractivity contribution in [3.63, 3.8) is 0 Å². The Morgan fingerprint density at radius 3 is 2.12 bits per heavy atom. The molecule has 0 spiro atoms.